The number of aliphatic imine (C=N–C) groups is 1. The van der Waals surface area contributed by atoms with E-state index in [1.54, 1.807) is 11.3 Å². The molecule has 1 aliphatic rings. The number of aryl methyl sites for hydroxylation is 1. The fourth-order valence-electron chi connectivity index (χ4n) is 3.67. The molecule has 0 saturated heterocycles. The number of thiophene rings is 1. The second kappa shape index (κ2) is 9.26. The SMILES string of the molecule is CC(C)Oc1ccccc1C=Nc1sc2c(c1C(=O)Nc1ccccc1)CCCC2. The summed E-state index contributed by atoms with van der Waals surface area (Å²) in [5, 5.41) is 3.81. The Morgan fingerprint density at radius 2 is 1.80 bits per heavy atom. The molecule has 4 nitrogen and oxygen atoms in total. The molecule has 3 aromatic rings. The normalized spacial score (nSPS) is 13.4. The third kappa shape index (κ3) is 4.62. The van der Waals surface area contributed by atoms with Crippen molar-refractivity contribution in [2.75, 3.05) is 5.32 Å². The van der Waals surface area contributed by atoms with Crippen molar-refractivity contribution >= 4 is 34.1 Å². The van der Waals surface area contributed by atoms with Gasteiger partial charge < -0.3 is 10.1 Å². The highest BCUT2D eigenvalue weighted by molar-refractivity contribution is 7.16. The van der Waals surface area contributed by atoms with Crippen molar-refractivity contribution in [1.82, 2.24) is 0 Å². The summed E-state index contributed by atoms with van der Waals surface area (Å²) in [5.41, 5.74) is 3.59. The molecule has 0 bridgehead atoms. The van der Waals surface area contributed by atoms with Crippen molar-refractivity contribution in [2.24, 2.45) is 4.99 Å². The molecular weight excluding hydrogens is 392 g/mol. The van der Waals surface area contributed by atoms with Crippen LogP contribution < -0.4 is 10.1 Å². The van der Waals surface area contributed by atoms with Crippen LogP contribution in [0.1, 0.15) is 53.1 Å². The first kappa shape index (κ1) is 20.4. The van der Waals surface area contributed by atoms with E-state index in [1.807, 2.05) is 74.7 Å². The number of carbonyl (C=O) groups excluding carboxylic acids is 1. The summed E-state index contributed by atoms with van der Waals surface area (Å²) in [6.45, 7) is 4.01. The van der Waals surface area contributed by atoms with E-state index in [2.05, 4.69) is 5.32 Å². The van der Waals surface area contributed by atoms with Crippen LogP contribution in [-0.2, 0) is 12.8 Å². The molecule has 154 valence electrons. The number of nitrogens with zero attached hydrogens (tertiary/aromatic N) is 1. The Bertz CT molecular complexity index is 1050. The minimum absolute atomic E-state index is 0.0838. The van der Waals surface area contributed by atoms with E-state index < -0.39 is 0 Å². The monoisotopic (exact) mass is 418 g/mol. The van der Waals surface area contributed by atoms with Crippen LogP contribution >= 0.6 is 11.3 Å². The van der Waals surface area contributed by atoms with Crippen LogP contribution in [0.5, 0.6) is 5.75 Å². The first-order chi connectivity index (χ1) is 14.6. The zero-order valence-electron chi connectivity index (χ0n) is 17.4. The number of hydrogen-bond donors (Lipinski definition) is 1. The summed E-state index contributed by atoms with van der Waals surface area (Å²) in [4.78, 5) is 19.2. The molecule has 1 amide bonds. The number of anilines is 1. The van der Waals surface area contributed by atoms with Crippen molar-refractivity contribution in [3.8, 4) is 5.75 Å². The molecule has 0 saturated carbocycles. The van der Waals surface area contributed by atoms with Gasteiger partial charge in [0.15, 0.2) is 0 Å². The number of rotatable bonds is 6. The summed E-state index contributed by atoms with van der Waals surface area (Å²) in [6.07, 6.45) is 6.14. The average Bonchev–Trinajstić information content (AvgIpc) is 3.12. The maximum Gasteiger partial charge on any atom is 0.259 e. The Hall–Kier alpha value is -2.92. The Balaban J connectivity index is 1.68. The molecule has 0 aliphatic heterocycles. The molecule has 0 atom stereocenters. The topological polar surface area (TPSA) is 50.7 Å². The highest BCUT2D eigenvalue weighted by atomic mass is 32.1. The van der Waals surface area contributed by atoms with Gasteiger partial charge >= 0.3 is 0 Å². The van der Waals surface area contributed by atoms with Gasteiger partial charge in [-0.25, -0.2) is 4.99 Å². The van der Waals surface area contributed by atoms with Gasteiger partial charge in [-0.2, -0.15) is 0 Å². The van der Waals surface area contributed by atoms with Gasteiger partial charge in [-0.1, -0.05) is 30.3 Å². The number of para-hydroxylation sites is 2. The lowest BCUT2D eigenvalue weighted by atomic mass is 9.95. The Morgan fingerprint density at radius 1 is 1.07 bits per heavy atom. The zero-order chi connectivity index (χ0) is 20.9. The molecule has 1 aromatic heterocycles. The molecule has 0 spiro atoms. The van der Waals surface area contributed by atoms with E-state index in [4.69, 9.17) is 9.73 Å². The average molecular weight is 419 g/mol. The minimum atomic E-state index is -0.0838. The second-order valence-corrected chi connectivity index (χ2v) is 8.76. The van der Waals surface area contributed by atoms with Crippen LogP contribution in [0.2, 0.25) is 0 Å². The van der Waals surface area contributed by atoms with Crippen molar-refractivity contribution in [3.05, 3.63) is 76.2 Å². The summed E-state index contributed by atoms with van der Waals surface area (Å²) in [7, 11) is 0. The number of fused-ring (bicyclic) bond motifs is 1. The lowest BCUT2D eigenvalue weighted by Crippen LogP contribution is -2.14. The van der Waals surface area contributed by atoms with Crippen LogP contribution in [0, 0.1) is 0 Å². The van der Waals surface area contributed by atoms with Crippen LogP contribution in [0.3, 0.4) is 0 Å². The molecule has 0 radical (unpaired) electrons. The zero-order valence-corrected chi connectivity index (χ0v) is 18.2. The standard InChI is InChI=1S/C25H26N2O2S/c1-17(2)29-21-14-8-6-10-18(21)16-26-25-23(20-13-7-9-15-22(20)30-25)24(28)27-19-11-4-3-5-12-19/h3-6,8,10-12,14,16-17H,7,9,13,15H2,1-2H3,(H,27,28). The molecule has 1 heterocycles. The fourth-order valence-corrected chi connectivity index (χ4v) is 4.90. The lowest BCUT2D eigenvalue weighted by molar-refractivity contribution is 0.102. The summed E-state index contributed by atoms with van der Waals surface area (Å²) < 4.78 is 5.90. The van der Waals surface area contributed by atoms with Gasteiger partial charge in [-0.3, -0.25) is 4.79 Å². The summed E-state index contributed by atoms with van der Waals surface area (Å²) in [5.74, 6) is 0.715. The molecule has 0 unspecified atom stereocenters. The summed E-state index contributed by atoms with van der Waals surface area (Å²) >= 11 is 1.64. The molecule has 4 rings (SSSR count). The number of nitrogens with one attached hydrogen (secondary N) is 1. The van der Waals surface area contributed by atoms with Gasteiger partial charge in [0.05, 0.1) is 11.7 Å². The van der Waals surface area contributed by atoms with Gasteiger partial charge in [0.2, 0.25) is 0 Å². The Morgan fingerprint density at radius 3 is 2.60 bits per heavy atom. The van der Waals surface area contributed by atoms with Gasteiger partial charge in [-0.05, 0) is 69.4 Å². The molecule has 2 aromatic carbocycles. The van der Waals surface area contributed by atoms with Crippen LogP contribution in [0.25, 0.3) is 0 Å². The Kier molecular flexibility index (Phi) is 6.29. The molecule has 5 heteroatoms. The van der Waals surface area contributed by atoms with Gasteiger partial charge in [-0.15, -0.1) is 11.3 Å². The maximum absolute atomic E-state index is 13.2. The van der Waals surface area contributed by atoms with Crippen molar-refractivity contribution < 1.29 is 9.53 Å². The number of amides is 1. The fraction of sp³-hybridized carbons (Fsp3) is 0.280. The number of ether oxygens (including phenoxy) is 1. The third-order valence-electron chi connectivity index (χ3n) is 5.01. The highest BCUT2D eigenvalue weighted by Gasteiger charge is 2.25. The second-order valence-electron chi connectivity index (χ2n) is 7.67. The van der Waals surface area contributed by atoms with Gasteiger partial charge in [0.1, 0.15) is 10.8 Å². The molecule has 1 N–H and O–H groups in total. The predicted molar refractivity (Wildman–Crippen MR) is 125 cm³/mol. The molecule has 30 heavy (non-hydrogen) atoms. The van der Waals surface area contributed by atoms with Crippen LogP contribution in [0.15, 0.2) is 59.6 Å². The van der Waals surface area contributed by atoms with Crippen LogP contribution in [-0.4, -0.2) is 18.2 Å². The lowest BCUT2D eigenvalue weighted by Gasteiger charge is -2.13. The number of benzene rings is 2. The van der Waals surface area contributed by atoms with E-state index in [1.165, 1.54) is 16.9 Å². The smallest absolute Gasteiger partial charge is 0.259 e. The largest absolute Gasteiger partial charge is 0.490 e. The van der Waals surface area contributed by atoms with Crippen molar-refractivity contribution in [3.63, 3.8) is 0 Å². The quantitative estimate of drug-likeness (QED) is 0.470. The van der Waals surface area contributed by atoms with E-state index in [-0.39, 0.29) is 12.0 Å². The predicted octanol–water partition coefficient (Wildman–Crippen LogP) is 6.42. The van der Waals surface area contributed by atoms with Crippen molar-refractivity contribution in [1.29, 1.82) is 0 Å². The number of hydrogen-bond acceptors (Lipinski definition) is 4. The van der Waals surface area contributed by atoms with Crippen molar-refractivity contribution in [2.45, 2.75) is 45.6 Å². The van der Waals surface area contributed by atoms with Crippen LogP contribution in [0.4, 0.5) is 10.7 Å². The van der Waals surface area contributed by atoms with E-state index in [0.717, 1.165) is 46.8 Å². The molecular formula is C25H26N2O2S. The summed E-state index contributed by atoms with van der Waals surface area (Å²) in [6, 6.07) is 17.4. The van der Waals surface area contributed by atoms with E-state index >= 15 is 0 Å². The van der Waals surface area contributed by atoms with E-state index in [9.17, 15) is 4.79 Å². The first-order valence-corrected chi connectivity index (χ1v) is 11.2. The van der Waals surface area contributed by atoms with E-state index in [0.29, 0.717) is 0 Å². The molecule has 1 aliphatic carbocycles. The van der Waals surface area contributed by atoms with Gasteiger partial charge in [0.25, 0.3) is 5.91 Å². The maximum atomic E-state index is 13.2. The molecule has 0 fully saturated rings. The number of carbonyl (C=O) groups is 1. The Labute approximate surface area is 181 Å². The third-order valence-corrected chi connectivity index (χ3v) is 6.21. The van der Waals surface area contributed by atoms with Gasteiger partial charge in [0, 0.05) is 22.3 Å². The minimum Gasteiger partial charge on any atom is -0.490 e. The highest BCUT2D eigenvalue weighted by Crippen LogP contribution is 2.40. The first-order valence-electron chi connectivity index (χ1n) is 10.4.